The highest BCUT2D eigenvalue weighted by Crippen LogP contribution is 2.63. The molecule has 0 spiro atoms. The molecule has 0 radical (unpaired) electrons. The van der Waals surface area contributed by atoms with Gasteiger partial charge >= 0.3 is 12.1 Å². The molecular formula is C15H22F3NO2. The maximum Gasteiger partial charge on any atom is 0.471 e. The fourth-order valence-corrected chi connectivity index (χ4v) is 5.31. The first-order valence-electron chi connectivity index (χ1n) is 7.69. The lowest BCUT2D eigenvalue weighted by Crippen LogP contribution is -2.61. The van der Waals surface area contributed by atoms with Crippen molar-refractivity contribution in [1.82, 2.24) is 5.32 Å². The van der Waals surface area contributed by atoms with E-state index in [9.17, 15) is 23.1 Å². The van der Waals surface area contributed by atoms with Crippen molar-refractivity contribution < 1.29 is 23.1 Å². The molecule has 3 nitrogen and oxygen atoms in total. The molecule has 0 aromatic heterocycles. The van der Waals surface area contributed by atoms with E-state index in [-0.39, 0.29) is 12.0 Å². The van der Waals surface area contributed by atoms with Crippen LogP contribution >= 0.6 is 0 Å². The van der Waals surface area contributed by atoms with Crippen LogP contribution in [0.1, 0.15) is 45.4 Å². The minimum Gasteiger partial charge on any atom is -0.388 e. The second kappa shape index (κ2) is 4.61. The van der Waals surface area contributed by atoms with Gasteiger partial charge in [-0.2, -0.15) is 13.2 Å². The maximum atomic E-state index is 12.3. The first-order valence-corrected chi connectivity index (χ1v) is 7.69. The molecule has 1 atom stereocenters. The average Bonchev–Trinajstić information content (AvgIpc) is 2.33. The minimum absolute atomic E-state index is 0.319. The number of amides is 1. The molecule has 0 aromatic rings. The van der Waals surface area contributed by atoms with Crippen molar-refractivity contribution in [3.63, 3.8) is 0 Å². The molecule has 4 fully saturated rings. The number of alkyl halides is 3. The van der Waals surface area contributed by atoms with Crippen molar-refractivity contribution in [2.45, 2.75) is 57.2 Å². The van der Waals surface area contributed by atoms with E-state index in [0.717, 1.165) is 19.3 Å². The second-order valence-electron chi connectivity index (χ2n) is 7.65. The number of halogens is 3. The van der Waals surface area contributed by atoms with Crippen LogP contribution < -0.4 is 5.32 Å². The lowest BCUT2D eigenvalue weighted by Gasteiger charge is -2.61. The Morgan fingerprint density at radius 1 is 1.14 bits per heavy atom. The molecule has 0 heterocycles. The van der Waals surface area contributed by atoms with Crippen molar-refractivity contribution >= 4 is 5.91 Å². The van der Waals surface area contributed by atoms with E-state index in [2.05, 4.69) is 0 Å². The Labute approximate surface area is 122 Å². The molecule has 4 aliphatic carbocycles. The summed E-state index contributed by atoms with van der Waals surface area (Å²) >= 11 is 0. The maximum absolute atomic E-state index is 12.3. The van der Waals surface area contributed by atoms with Crippen molar-refractivity contribution in [2.24, 2.45) is 23.2 Å². The molecular weight excluding hydrogens is 283 g/mol. The van der Waals surface area contributed by atoms with E-state index in [1.807, 2.05) is 5.32 Å². The van der Waals surface area contributed by atoms with E-state index < -0.39 is 17.7 Å². The molecule has 0 aliphatic heterocycles. The summed E-state index contributed by atoms with van der Waals surface area (Å²) in [6.45, 7) is 1.27. The molecule has 1 amide bonds. The van der Waals surface area contributed by atoms with Gasteiger partial charge in [-0.05, 0) is 63.2 Å². The molecule has 2 N–H and O–H groups in total. The van der Waals surface area contributed by atoms with Crippen LogP contribution in [0.4, 0.5) is 13.2 Å². The van der Waals surface area contributed by atoms with Crippen LogP contribution in [-0.4, -0.2) is 29.3 Å². The quantitative estimate of drug-likeness (QED) is 0.842. The molecule has 120 valence electrons. The van der Waals surface area contributed by atoms with E-state index in [1.54, 1.807) is 6.92 Å². The van der Waals surface area contributed by atoms with E-state index in [1.165, 1.54) is 19.3 Å². The number of carbonyl (C=O) groups excluding carboxylic acids is 1. The van der Waals surface area contributed by atoms with Crippen molar-refractivity contribution in [1.29, 1.82) is 0 Å². The normalized spacial score (nSPS) is 40.9. The molecule has 4 bridgehead atoms. The summed E-state index contributed by atoms with van der Waals surface area (Å²) in [5.41, 5.74) is -1.59. The molecule has 4 saturated carbocycles. The number of hydrogen-bond donors (Lipinski definition) is 2. The zero-order chi connectivity index (χ0) is 15.5. The van der Waals surface area contributed by atoms with Gasteiger partial charge in [0.25, 0.3) is 0 Å². The van der Waals surface area contributed by atoms with Gasteiger partial charge in [-0.25, -0.2) is 0 Å². The van der Waals surface area contributed by atoms with E-state index >= 15 is 0 Å². The highest BCUT2D eigenvalue weighted by molar-refractivity contribution is 5.81. The smallest absolute Gasteiger partial charge is 0.388 e. The first kappa shape index (κ1) is 15.1. The topological polar surface area (TPSA) is 49.3 Å². The van der Waals surface area contributed by atoms with Crippen LogP contribution in [-0.2, 0) is 4.79 Å². The zero-order valence-electron chi connectivity index (χ0n) is 12.2. The largest absolute Gasteiger partial charge is 0.471 e. The summed E-state index contributed by atoms with van der Waals surface area (Å²) < 4.78 is 36.9. The van der Waals surface area contributed by atoms with E-state index in [0.29, 0.717) is 17.8 Å². The Hall–Kier alpha value is -0.780. The van der Waals surface area contributed by atoms with Crippen LogP contribution in [0.15, 0.2) is 0 Å². The standard InChI is InChI=1S/C15H22F3NO2/c1-13(21,8-19-12(20)15(16,17)18)14-5-9-2-10(6-14)4-11(3-9)7-14/h9-11,21H,2-8H2,1H3,(H,19,20). The number of hydrogen-bond acceptors (Lipinski definition) is 2. The van der Waals surface area contributed by atoms with Gasteiger partial charge < -0.3 is 10.4 Å². The van der Waals surface area contributed by atoms with Crippen molar-refractivity contribution in [2.75, 3.05) is 6.54 Å². The number of nitrogens with one attached hydrogen (secondary N) is 1. The Kier molecular flexibility index (Phi) is 3.32. The molecule has 4 aliphatic rings. The molecule has 0 aromatic carbocycles. The lowest BCUT2D eigenvalue weighted by atomic mass is 9.45. The highest BCUT2D eigenvalue weighted by Gasteiger charge is 2.58. The van der Waals surface area contributed by atoms with Gasteiger partial charge in [0, 0.05) is 12.0 Å². The molecule has 1 unspecified atom stereocenters. The Balaban J connectivity index is 1.71. The summed E-state index contributed by atoms with van der Waals surface area (Å²) in [7, 11) is 0. The van der Waals surface area contributed by atoms with Crippen LogP contribution in [0.2, 0.25) is 0 Å². The Morgan fingerprint density at radius 2 is 1.57 bits per heavy atom. The molecule has 6 heteroatoms. The van der Waals surface area contributed by atoms with Crippen LogP contribution in [0.3, 0.4) is 0 Å². The fraction of sp³-hybridized carbons (Fsp3) is 0.933. The monoisotopic (exact) mass is 305 g/mol. The molecule has 21 heavy (non-hydrogen) atoms. The van der Waals surface area contributed by atoms with Gasteiger partial charge in [-0.15, -0.1) is 0 Å². The number of carbonyl (C=O) groups is 1. The molecule has 4 rings (SSSR count). The second-order valence-corrected chi connectivity index (χ2v) is 7.65. The van der Waals surface area contributed by atoms with Crippen LogP contribution in [0, 0.1) is 23.2 Å². The third kappa shape index (κ3) is 2.56. The van der Waals surface area contributed by atoms with Gasteiger partial charge in [0.1, 0.15) is 0 Å². The predicted octanol–water partition coefficient (Wildman–Crippen LogP) is 2.63. The summed E-state index contributed by atoms with van der Waals surface area (Å²) in [6.07, 6.45) is 1.35. The number of rotatable bonds is 3. The van der Waals surface area contributed by atoms with Gasteiger partial charge in [0.2, 0.25) is 0 Å². The van der Waals surface area contributed by atoms with Crippen LogP contribution in [0.25, 0.3) is 0 Å². The Morgan fingerprint density at radius 3 is 1.95 bits per heavy atom. The predicted molar refractivity (Wildman–Crippen MR) is 70.3 cm³/mol. The lowest BCUT2D eigenvalue weighted by molar-refractivity contribution is -0.183. The minimum atomic E-state index is -4.89. The van der Waals surface area contributed by atoms with Gasteiger partial charge in [0.15, 0.2) is 0 Å². The third-order valence-corrected chi connectivity index (χ3v) is 6.03. The van der Waals surface area contributed by atoms with E-state index in [4.69, 9.17) is 0 Å². The van der Waals surface area contributed by atoms with Gasteiger partial charge in [-0.3, -0.25) is 4.79 Å². The van der Waals surface area contributed by atoms with Crippen molar-refractivity contribution in [3.8, 4) is 0 Å². The van der Waals surface area contributed by atoms with Crippen LogP contribution in [0.5, 0.6) is 0 Å². The van der Waals surface area contributed by atoms with Crippen molar-refractivity contribution in [3.05, 3.63) is 0 Å². The summed E-state index contributed by atoms with van der Waals surface area (Å²) in [4.78, 5) is 11.0. The summed E-state index contributed by atoms with van der Waals surface area (Å²) in [6, 6.07) is 0. The number of aliphatic hydroxyl groups is 1. The summed E-state index contributed by atoms with van der Waals surface area (Å²) in [5.74, 6) is -0.171. The van der Waals surface area contributed by atoms with Gasteiger partial charge in [-0.1, -0.05) is 0 Å². The highest BCUT2D eigenvalue weighted by atomic mass is 19.4. The SMILES string of the molecule is CC(O)(CNC(=O)C(F)(F)F)C12CC3CC(CC(C3)C1)C2. The zero-order valence-corrected chi connectivity index (χ0v) is 12.2. The Bertz CT molecular complexity index is 409. The van der Waals surface area contributed by atoms with Gasteiger partial charge in [0.05, 0.1) is 5.60 Å². The first-order chi connectivity index (χ1) is 9.61. The third-order valence-electron chi connectivity index (χ3n) is 6.03. The summed E-state index contributed by atoms with van der Waals surface area (Å²) in [5, 5.41) is 12.7. The average molecular weight is 305 g/mol. The fourth-order valence-electron chi connectivity index (χ4n) is 5.31. The molecule has 0 saturated heterocycles.